The van der Waals surface area contributed by atoms with Gasteiger partial charge in [0.15, 0.2) is 0 Å². The number of rotatable bonds is 6. The van der Waals surface area contributed by atoms with Crippen LogP contribution in [-0.2, 0) is 11.8 Å². The first-order valence-electron chi connectivity index (χ1n) is 7.33. The zero-order valence-electron chi connectivity index (χ0n) is 14.0. The fourth-order valence-corrected chi connectivity index (χ4v) is 2.41. The van der Waals surface area contributed by atoms with Crippen LogP contribution in [0.25, 0.3) is 0 Å². The van der Waals surface area contributed by atoms with E-state index in [2.05, 4.69) is 15.7 Å². The lowest BCUT2D eigenvalue weighted by atomic mass is 10.1. The van der Waals surface area contributed by atoms with Crippen molar-refractivity contribution in [2.24, 2.45) is 7.05 Å². The number of aryl methyl sites for hydroxylation is 1. The number of hydrogen-bond acceptors (Lipinski definition) is 4. The molecule has 1 amide bonds. The predicted molar refractivity (Wildman–Crippen MR) is 98.1 cm³/mol. The van der Waals surface area contributed by atoms with Crippen LogP contribution in [0, 0.1) is 0 Å². The number of benzene rings is 1. The lowest BCUT2D eigenvalue weighted by molar-refractivity contribution is -0.118. The summed E-state index contributed by atoms with van der Waals surface area (Å²) >= 11 is 6.19. The van der Waals surface area contributed by atoms with Crippen LogP contribution in [0.3, 0.4) is 0 Å². The van der Waals surface area contributed by atoms with Gasteiger partial charge < -0.3 is 15.4 Å². The third-order valence-electron chi connectivity index (χ3n) is 3.17. The van der Waals surface area contributed by atoms with E-state index in [1.807, 2.05) is 13.8 Å². The summed E-state index contributed by atoms with van der Waals surface area (Å²) < 4.78 is 7.23. The number of carbonyl (C=O) groups excluding carboxylic acids is 1. The second-order valence-corrected chi connectivity index (χ2v) is 5.88. The number of ether oxygens (including phenoxy) is 1. The maximum absolute atomic E-state index is 12.4. The van der Waals surface area contributed by atoms with Gasteiger partial charge in [-0.1, -0.05) is 11.6 Å². The molecule has 2 aromatic rings. The molecule has 1 heterocycles. The minimum absolute atomic E-state index is 0. The van der Waals surface area contributed by atoms with E-state index in [1.165, 1.54) is 0 Å². The highest BCUT2D eigenvalue weighted by atomic mass is 35.5. The minimum Gasteiger partial charge on any atom is -0.489 e. The quantitative estimate of drug-likeness (QED) is 0.816. The van der Waals surface area contributed by atoms with Gasteiger partial charge in [-0.2, -0.15) is 5.10 Å². The first kappa shape index (κ1) is 20.3. The monoisotopic (exact) mass is 372 g/mol. The van der Waals surface area contributed by atoms with E-state index in [4.69, 9.17) is 16.3 Å². The van der Waals surface area contributed by atoms with Gasteiger partial charge in [0, 0.05) is 24.5 Å². The van der Waals surface area contributed by atoms with E-state index in [0.717, 1.165) is 5.56 Å². The van der Waals surface area contributed by atoms with E-state index < -0.39 is 6.04 Å². The van der Waals surface area contributed by atoms with Crippen LogP contribution in [-0.4, -0.2) is 28.8 Å². The Morgan fingerprint density at radius 1 is 1.38 bits per heavy atom. The van der Waals surface area contributed by atoms with Crippen molar-refractivity contribution in [3.63, 3.8) is 0 Å². The molecule has 132 valence electrons. The van der Waals surface area contributed by atoms with E-state index in [9.17, 15) is 4.79 Å². The van der Waals surface area contributed by atoms with Crippen molar-refractivity contribution in [3.8, 4) is 5.75 Å². The minimum atomic E-state index is -0.492. The zero-order chi connectivity index (χ0) is 17.0. The van der Waals surface area contributed by atoms with Crippen molar-refractivity contribution in [1.82, 2.24) is 15.1 Å². The summed E-state index contributed by atoms with van der Waals surface area (Å²) in [6.07, 6.45) is 3.49. The van der Waals surface area contributed by atoms with Crippen LogP contribution in [0.4, 0.5) is 5.69 Å². The van der Waals surface area contributed by atoms with E-state index >= 15 is 0 Å². The summed E-state index contributed by atoms with van der Waals surface area (Å²) in [5.74, 6) is 0.409. The second-order valence-electron chi connectivity index (χ2n) is 5.47. The SMILES string of the molecule is CNC(C(=O)Nc1ccc(OC(C)C)c(Cl)c1)c1cnn(C)c1.Cl. The molecule has 0 bridgehead atoms. The summed E-state index contributed by atoms with van der Waals surface area (Å²) in [5, 5.41) is 10.4. The van der Waals surface area contributed by atoms with Crippen molar-refractivity contribution >= 4 is 35.6 Å². The highest BCUT2D eigenvalue weighted by Crippen LogP contribution is 2.29. The Balaban J connectivity index is 0.00000288. The molecule has 1 unspecified atom stereocenters. The summed E-state index contributed by atoms with van der Waals surface area (Å²) in [6.45, 7) is 3.86. The molecule has 0 spiro atoms. The highest BCUT2D eigenvalue weighted by Gasteiger charge is 2.20. The van der Waals surface area contributed by atoms with Crippen LogP contribution in [0.2, 0.25) is 5.02 Å². The van der Waals surface area contributed by atoms with Gasteiger partial charge in [-0.3, -0.25) is 9.48 Å². The van der Waals surface area contributed by atoms with Crippen LogP contribution >= 0.6 is 24.0 Å². The van der Waals surface area contributed by atoms with E-state index in [-0.39, 0.29) is 24.4 Å². The third-order valence-corrected chi connectivity index (χ3v) is 3.47. The maximum atomic E-state index is 12.4. The summed E-state index contributed by atoms with van der Waals surface area (Å²) in [5.41, 5.74) is 1.40. The van der Waals surface area contributed by atoms with Crippen molar-refractivity contribution < 1.29 is 9.53 Å². The standard InChI is InChI=1S/C16H21ClN4O2.ClH/c1-10(2)23-14-6-5-12(7-13(14)17)20-16(22)15(18-3)11-8-19-21(4)9-11;/h5-10,15,18H,1-4H3,(H,20,22);1H. The van der Waals surface area contributed by atoms with Crippen LogP contribution < -0.4 is 15.4 Å². The number of likely N-dealkylation sites (N-methyl/N-ethyl adjacent to an activating group) is 1. The Kier molecular flexibility index (Phi) is 7.54. The zero-order valence-corrected chi connectivity index (χ0v) is 15.6. The normalized spacial score (nSPS) is 11.8. The van der Waals surface area contributed by atoms with Gasteiger partial charge in [0.05, 0.1) is 17.3 Å². The molecule has 24 heavy (non-hydrogen) atoms. The first-order chi connectivity index (χ1) is 10.9. The Morgan fingerprint density at radius 3 is 2.58 bits per heavy atom. The van der Waals surface area contributed by atoms with Gasteiger partial charge in [0.1, 0.15) is 11.8 Å². The Bertz CT molecular complexity index is 688. The van der Waals surface area contributed by atoms with E-state index in [1.54, 1.807) is 49.4 Å². The number of hydrogen-bond donors (Lipinski definition) is 2. The maximum Gasteiger partial charge on any atom is 0.246 e. The first-order valence-corrected chi connectivity index (χ1v) is 7.71. The molecule has 0 aliphatic heterocycles. The Hall–Kier alpha value is -1.76. The molecule has 0 fully saturated rings. The number of nitrogens with one attached hydrogen (secondary N) is 2. The lowest BCUT2D eigenvalue weighted by Crippen LogP contribution is -2.30. The molecule has 0 radical (unpaired) electrons. The van der Waals surface area contributed by atoms with Gasteiger partial charge in [0.25, 0.3) is 0 Å². The lowest BCUT2D eigenvalue weighted by Gasteiger charge is -2.16. The molecule has 1 aromatic carbocycles. The molecule has 0 saturated heterocycles. The third kappa shape index (κ3) is 5.12. The number of amides is 1. The van der Waals surface area contributed by atoms with Crippen LogP contribution in [0.1, 0.15) is 25.5 Å². The van der Waals surface area contributed by atoms with Crippen molar-refractivity contribution in [2.75, 3.05) is 12.4 Å². The van der Waals surface area contributed by atoms with Crippen molar-refractivity contribution in [2.45, 2.75) is 26.0 Å². The molecule has 1 aromatic heterocycles. The van der Waals surface area contributed by atoms with Crippen LogP contribution in [0.5, 0.6) is 5.75 Å². The largest absolute Gasteiger partial charge is 0.489 e. The van der Waals surface area contributed by atoms with Gasteiger partial charge >= 0.3 is 0 Å². The van der Waals surface area contributed by atoms with Crippen LogP contribution in [0.15, 0.2) is 30.6 Å². The average molecular weight is 373 g/mol. The number of carbonyl (C=O) groups is 1. The molecular weight excluding hydrogens is 351 g/mol. The van der Waals surface area contributed by atoms with Crippen molar-refractivity contribution in [3.05, 3.63) is 41.2 Å². The molecule has 1 atom stereocenters. The van der Waals surface area contributed by atoms with Gasteiger partial charge in [-0.25, -0.2) is 0 Å². The van der Waals surface area contributed by atoms with Gasteiger partial charge in [-0.05, 0) is 39.1 Å². The number of aromatic nitrogens is 2. The number of nitrogens with zero attached hydrogens (tertiary/aromatic N) is 2. The van der Waals surface area contributed by atoms with Crippen molar-refractivity contribution in [1.29, 1.82) is 0 Å². The summed E-state index contributed by atoms with van der Waals surface area (Å²) in [7, 11) is 3.53. The fraction of sp³-hybridized carbons (Fsp3) is 0.375. The summed E-state index contributed by atoms with van der Waals surface area (Å²) in [6, 6.07) is 4.69. The molecule has 0 aliphatic rings. The number of halogens is 2. The topological polar surface area (TPSA) is 68.2 Å². The highest BCUT2D eigenvalue weighted by molar-refractivity contribution is 6.32. The molecule has 0 aliphatic carbocycles. The molecule has 8 heteroatoms. The molecular formula is C16H22Cl2N4O2. The molecule has 6 nitrogen and oxygen atoms in total. The molecule has 2 rings (SSSR count). The fourth-order valence-electron chi connectivity index (χ4n) is 2.18. The smallest absolute Gasteiger partial charge is 0.246 e. The average Bonchev–Trinajstić information content (AvgIpc) is 2.88. The number of anilines is 1. The Morgan fingerprint density at radius 2 is 2.08 bits per heavy atom. The summed E-state index contributed by atoms with van der Waals surface area (Å²) in [4.78, 5) is 12.4. The van der Waals surface area contributed by atoms with Gasteiger partial charge in [0.2, 0.25) is 5.91 Å². The van der Waals surface area contributed by atoms with Gasteiger partial charge in [-0.15, -0.1) is 12.4 Å². The van der Waals surface area contributed by atoms with E-state index in [0.29, 0.717) is 16.5 Å². The Labute approximate surface area is 152 Å². The molecule has 2 N–H and O–H groups in total. The second kappa shape index (κ2) is 8.92. The molecule has 0 saturated carbocycles. The predicted octanol–water partition coefficient (Wildman–Crippen LogP) is 3.18.